The summed E-state index contributed by atoms with van der Waals surface area (Å²) in [5, 5.41) is 14.3. The normalized spacial score (nSPS) is 10.7. The van der Waals surface area contributed by atoms with Crippen molar-refractivity contribution in [2.45, 2.75) is 6.54 Å². The Hall–Kier alpha value is -2.36. The van der Waals surface area contributed by atoms with Gasteiger partial charge in [0.15, 0.2) is 0 Å². The third-order valence-corrected chi connectivity index (χ3v) is 2.54. The van der Waals surface area contributed by atoms with Crippen molar-refractivity contribution in [2.75, 3.05) is 5.32 Å². The molecule has 2 rings (SSSR count). The molecule has 18 heavy (non-hydrogen) atoms. The van der Waals surface area contributed by atoms with Gasteiger partial charge in [-0.1, -0.05) is 35.5 Å². The van der Waals surface area contributed by atoms with Crippen LogP contribution in [-0.4, -0.2) is 11.4 Å². The third kappa shape index (κ3) is 3.07. The number of hydrogen-bond donors (Lipinski definition) is 2. The Balaban J connectivity index is 2.04. The zero-order valence-corrected chi connectivity index (χ0v) is 9.68. The fourth-order valence-electron chi connectivity index (χ4n) is 1.60. The summed E-state index contributed by atoms with van der Waals surface area (Å²) >= 11 is 0. The number of nitrogens with one attached hydrogen (secondary N) is 1. The predicted molar refractivity (Wildman–Crippen MR) is 69.5 cm³/mol. The fourth-order valence-corrected chi connectivity index (χ4v) is 1.60. The van der Waals surface area contributed by atoms with Crippen LogP contribution < -0.4 is 5.32 Å². The van der Waals surface area contributed by atoms with E-state index in [0.717, 1.165) is 11.8 Å². The van der Waals surface area contributed by atoms with Gasteiger partial charge in [-0.3, -0.25) is 0 Å². The maximum atomic E-state index is 13.5. The minimum absolute atomic E-state index is 0.253. The molecule has 2 aromatic rings. The first-order chi connectivity index (χ1) is 8.79. The van der Waals surface area contributed by atoms with Crippen LogP contribution in [0.1, 0.15) is 11.1 Å². The molecule has 0 atom stereocenters. The molecule has 2 aromatic carbocycles. The SMILES string of the molecule is ON=Cc1ccc(NCc2ccccc2)cc1F. The molecule has 0 heterocycles. The average molecular weight is 244 g/mol. The molecule has 0 aliphatic rings. The van der Waals surface area contributed by atoms with Gasteiger partial charge in [0, 0.05) is 17.8 Å². The Morgan fingerprint density at radius 1 is 1.17 bits per heavy atom. The lowest BCUT2D eigenvalue weighted by molar-refractivity contribution is 0.321. The molecule has 0 saturated heterocycles. The molecule has 0 aromatic heterocycles. The number of anilines is 1. The molecule has 2 N–H and O–H groups in total. The van der Waals surface area contributed by atoms with Crippen molar-refractivity contribution < 1.29 is 9.60 Å². The number of halogens is 1. The molecule has 0 bridgehead atoms. The van der Waals surface area contributed by atoms with Crippen LogP contribution in [0.25, 0.3) is 0 Å². The molecule has 0 amide bonds. The molecule has 0 saturated carbocycles. The van der Waals surface area contributed by atoms with Crippen LogP contribution in [0.5, 0.6) is 0 Å². The monoisotopic (exact) mass is 244 g/mol. The van der Waals surface area contributed by atoms with Gasteiger partial charge in [0.2, 0.25) is 0 Å². The zero-order valence-electron chi connectivity index (χ0n) is 9.68. The summed E-state index contributed by atoms with van der Waals surface area (Å²) in [7, 11) is 0. The third-order valence-electron chi connectivity index (χ3n) is 2.54. The topological polar surface area (TPSA) is 44.6 Å². The molecule has 3 nitrogen and oxygen atoms in total. The van der Waals surface area contributed by atoms with Crippen molar-refractivity contribution in [2.24, 2.45) is 5.16 Å². The van der Waals surface area contributed by atoms with Gasteiger partial charge in [-0.05, 0) is 23.8 Å². The van der Waals surface area contributed by atoms with Gasteiger partial charge in [0.1, 0.15) is 5.82 Å². The van der Waals surface area contributed by atoms with E-state index in [9.17, 15) is 4.39 Å². The highest BCUT2D eigenvalue weighted by atomic mass is 19.1. The number of nitrogens with zero attached hydrogens (tertiary/aromatic N) is 1. The molecule has 4 heteroatoms. The van der Waals surface area contributed by atoms with Gasteiger partial charge in [-0.15, -0.1) is 0 Å². The highest BCUT2D eigenvalue weighted by Crippen LogP contribution is 2.14. The lowest BCUT2D eigenvalue weighted by Crippen LogP contribution is -2.00. The standard InChI is InChI=1S/C14H13FN2O/c15-14-8-13(7-6-12(14)10-17-18)16-9-11-4-2-1-3-5-11/h1-8,10,16,18H,9H2. The summed E-state index contributed by atoms with van der Waals surface area (Å²) in [4.78, 5) is 0. The highest BCUT2D eigenvalue weighted by molar-refractivity contribution is 5.80. The van der Waals surface area contributed by atoms with Crippen LogP contribution in [0.4, 0.5) is 10.1 Å². The molecular formula is C14H13FN2O. The van der Waals surface area contributed by atoms with Crippen molar-refractivity contribution in [1.29, 1.82) is 0 Å². The van der Waals surface area contributed by atoms with Crippen molar-refractivity contribution in [3.8, 4) is 0 Å². The molecular weight excluding hydrogens is 231 g/mol. The zero-order chi connectivity index (χ0) is 12.8. The summed E-state index contributed by atoms with van der Waals surface area (Å²) in [6.07, 6.45) is 1.07. The second-order valence-corrected chi connectivity index (χ2v) is 3.82. The van der Waals surface area contributed by atoms with Crippen molar-refractivity contribution >= 4 is 11.9 Å². The quantitative estimate of drug-likeness (QED) is 0.492. The predicted octanol–water partition coefficient (Wildman–Crippen LogP) is 3.25. The van der Waals surface area contributed by atoms with Gasteiger partial charge >= 0.3 is 0 Å². The smallest absolute Gasteiger partial charge is 0.134 e. The molecule has 0 spiro atoms. The van der Waals surface area contributed by atoms with Crippen LogP contribution in [0.2, 0.25) is 0 Å². The number of benzene rings is 2. The Bertz CT molecular complexity index is 541. The van der Waals surface area contributed by atoms with E-state index in [4.69, 9.17) is 5.21 Å². The Kier molecular flexibility index (Phi) is 3.91. The molecule has 0 aliphatic carbocycles. The minimum atomic E-state index is -0.425. The van der Waals surface area contributed by atoms with E-state index in [1.54, 1.807) is 12.1 Å². The summed E-state index contributed by atoms with van der Waals surface area (Å²) in [6.45, 7) is 0.633. The first-order valence-corrected chi connectivity index (χ1v) is 5.54. The summed E-state index contributed by atoms with van der Waals surface area (Å²) < 4.78 is 13.5. The fraction of sp³-hybridized carbons (Fsp3) is 0.0714. The molecule has 0 radical (unpaired) electrons. The van der Waals surface area contributed by atoms with E-state index in [2.05, 4.69) is 10.5 Å². The Morgan fingerprint density at radius 3 is 2.61 bits per heavy atom. The van der Waals surface area contributed by atoms with Crippen LogP contribution in [-0.2, 0) is 6.54 Å². The van der Waals surface area contributed by atoms with Gasteiger partial charge in [-0.2, -0.15) is 0 Å². The van der Waals surface area contributed by atoms with Gasteiger partial charge < -0.3 is 10.5 Å². The Labute approximate surface area is 105 Å². The lowest BCUT2D eigenvalue weighted by atomic mass is 10.2. The van der Waals surface area contributed by atoms with Gasteiger partial charge in [0.05, 0.1) is 6.21 Å². The van der Waals surface area contributed by atoms with Gasteiger partial charge in [0.25, 0.3) is 0 Å². The maximum absolute atomic E-state index is 13.5. The van der Waals surface area contributed by atoms with Crippen LogP contribution in [0, 0.1) is 5.82 Å². The van der Waals surface area contributed by atoms with E-state index >= 15 is 0 Å². The molecule has 0 fully saturated rings. The minimum Gasteiger partial charge on any atom is -0.411 e. The van der Waals surface area contributed by atoms with E-state index in [1.165, 1.54) is 6.07 Å². The summed E-state index contributed by atoms with van der Waals surface area (Å²) in [5.74, 6) is -0.425. The number of rotatable bonds is 4. The average Bonchev–Trinajstić information content (AvgIpc) is 2.41. The molecule has 0 unspecified atom stereocenters. The lowest BCUT2D eigenvalue weighted by Gasteiger charge is -2.07. The first-order valence-electron chi connectivity index (χ1n) is 5.54. The second kappa shape index (κ2) is 5.82. The largest absolute Gasteiger partial charge is 0.411 e. The van der Waals surface area contributed by atoms with E-state index in [1.807, 2.05) is 30.3 Å². The summed E-state index contributed by atoms with van der Waals surface area (Å²) in [6, 6.07) is 14.5. The van der Waals surface area contributed by atoms with Crippen LogP contribution in [0.15, 0.2) is 53.7 Å². The molecule has 0 aliphatic heterocycles. The van der Waals surface area contributed by atoms with E-state index < -0.39 is 5.82 Å². The van der Waals surface area contributed by atoms with Crippen LogP contribution in [0.3, 0.4) is 0 Å². The Morgan fingerprint density at radius 2 is 1.94 bits per heavy atom. The summed E-state index contributed by atoms with van der Waals surface area (Å²) in [5.41, 5.74) is 2.06. The molecule has 92 valence electrons. The second-order valence-electron chi connectivity index (χ2n) is 3.82. The van der Waals surface area contributed by atoms with Crippen molar-refractivity contribution in [3.05, 3.63) is 65.5 Å². The van der Waals surface area contributed by atoms with Crippen molar-refractivity contribution in [1.82, 2.24) is 0 Å². The van der Waals surface area contributed by atoms with E-state index in [0.29, 0.717) is 12.2 Å². The van der Waals surface area contributed by atoms with E-state index in [-0.39, 0.29) is 5.56 Å². The number of hydrogen-bond acceptors (Lipinski definition) is 3. The highest BCUT2D eigenvalue weighted by Gasteiger charge is 2.01. The van der Waals surface area contributed by atoms with Gasteiger partial charge in [-0.25, -0.2) is 4.39 Å². The number of oxime groups is 1. The van der Waals surface area contributed by atoms with Crippen LogP contribution >= 0.6 is 0 Å². The first kappa shape index (κ1) is 12.1. The maximum Gasteiger partial charge on any atom is 0.134 e. The van der Waals surface area contributed by atoms with Crippen molar-refractivity contribution in [3.63, 3.8) is 0 Å².